The van der Waals surface area contributed by atoms with Gasteiger partial charge in [-0.15, -0.1) is 24.0 Å². The predicted octanol–water partition coefficient (Wildman–Crippen LogP) is 3.54. The standard InChI is InChI=1S/C21H26N6O.HI/c1-3-22-21(25-16-18-8-5-6-9-19(18)28-4-2)24-15-17-10-12-23-20(14-17)27-13-7-11-26-27;/h5-14H,3-4,15-16H2,1-2H3,(H2,22,24,25);1H. The third-order valence-electron chi connectivity index (χ3n) is 4.03. The smallest absolute Gasteiger partial charge is 0.191 e. The van der Waals surface area contributed by atoms with Crippen molar-refractivity contribution in [2.45, 2.75) is 26.9 Å². The van der Waals surface area contributed by atoms with Gasteiger partial charge in [-0.25, -0.2) is 14.7 Å². The van der Waals surface area contributed by atoms with Gasteiger partial charge in [0.1, 0.15) is 5.75 Å². The molecule has 29 heavy (non-hydrogen) atoms. The number of nitrogens with zero attached hydrogens (tertiary/aromatic N) is 4. The Kier molecular flexibility index (Phi) is 9.42. The second-order valence-corrected chi connectivity index (χ2v) is 6.06. The fourth-order valence-electron chi connectivity index (χ4n) is 2.73. The Morgan fingerprint density at radius 2 is 1.97 bits per heavy atom. The summed E-state index contributed by atoms with van der Waals surface area (Å²) in [6, 6.07) is 13.9. The average Bonchev–Trinajstić information content (AvgIpc) is 3.26. The molecule has 3 aromatic rings. The van der Waals surface area contributed by atoms with Gasteiger partial charge in [0.25, 0.3) is 0 Å². The molecule has 0 aliphatic rings. The molecule has 154 valence electrons. The van der Waals surface area contributed by atoms with Crippen LogP contribution in [0.4, 0.5) is 0 Å². The van der Waals surface area contributed by atoms with Crippen molar-refractivity contribution < 1.29 is 4.74 Å². The van der Waals surface area contributed by atoms with Gasteiger partial charge in [-0.05, 0) is 43.7 Å². The van der Waals surface area contributed by atoms with Gasteiger partial charge in [0.2, 0.25) is 0 Å². The molecule has 0 unspecified atom stereocenters. The Labute approximate surface area is 188 Å². The molecule has 7 nitrogen and oxygen atoms in total. The zero-order chi connectivity index (χ0) is 19.6. The number of hydrogen-bond acceptors (Lipinski definition) is 4. The minimum Gasteiger partial charge on any atom is -0.494 e. The van der Waals surface area contributed by atoms with Gasteiger partial charge in [-0.2, -0.15) is 5.10 Å². The number of guanidine groups is 1. The maximum absolute atomic E-state index is 5.69. The highest BCUT2D eigenvalue weighted by molar-refractivity contribution is 14.0. The molecule has 0 aliphatic carbocycles. The molecule has 1 aromatic carbocycles. The first kappa shape index (κ1) is 22.7. The van der Waals surface area contributed by atoms with E-state index in [1.54, 1.807) is 17.1 Å². The van der Waals surface area contributed by atoms with Crippen molar-refractivity contribution in [1.82, 2.24) is 25.4 Å². The van der Waals surface area contributed by atoms with Crippen molar-refractivity contribution in [3.05, 3.63) is 72.2 Å². The molecule has 8 heteroatoms. The van der Waals surface area contributed by atoms with Crippen LogP contribution >= 0.6 is 24.0 Å². The quantitative estimate of drug-likeness (QED) is 0.278. The maximum Gasteiger partial charge on any atom is 0.191 e. The topological polar surface area (TPSA) is 76.4 Å². The lowest BCUT2D eigenvalue weighted by Gasteiger charge is -2.14. The minimum atomic E-state index is 0. The highest BCUT2D eigenvalue weighted by Gasteiger charge is 2.05. The van der Waals surface area contributed by atoms with E-state index in [9.17, 15) is 0 Å². The highest BCUT2D eigenvalue weighted by atomic mass is 127. The lowest BCUT2D eigenvalue weighted by Crippen LogP contribution is -2.36. The highest BCUT2D eigenvalue weighted by Crippen LogP contribution is 2.17. The van der Waals surface area contributed by atoms with E-state index in [4.69, 9.17) is 9.73 Å². The Morgan fingerprint density at radius 1 is 1.10 bits per heavy atom. The molecule has 2 N–H and O–H groups in total. The van der Waals surface area contributed by atoms with Crippen LogP contribution in [0.2, 0.25) is 0 Å². The van der Waals surface area contributed by atoms with Gasteiger partial charge in [-0.3, -0.25) is 0 Å². The lowest BCUT2D eigenvalue weighted by molar-refractivity contribution is 0.336. The molecular formula is C21H27IN6O. The van der Waals surface area contributed by atoms with Crippen LogP contribution in [0.1, 0.15) is 25.0 Å². The lowest BCUT2D eigenvalue weighted by atomic mass is 10.2. The van der Waals surface area contributed by atoms with Crippen LogP contribution < -0.4 is 15.4 Å². The maximum atomic E-state index is 5.69. The van der Waals surface area contributed by atoms with E-state index in [1.165, 1.54) is 0 Å². The normalized spacial score (nSPS) is 10.9. The summed E-state index contributed by atoms with van der Waals surface area (Å²) in [4.78, 5) is 9.05. The summed E-state index contributed by atoms with van der Waals surface area (Å²) in [5.41, 5.74) is 2.16. The van der Waals surface area contributed by atoms with E-state index in [-0.39, 0.29) is 24.0 Å². The van der Waals surface area contributed by atoms with E-state index < -0.39 is 0 Å². The first-order chi connectivity index (χ1) is 13.8. The zero-order valence-electron chi connectivity index (χ0n) is 16.7. The molecule has 0 saturated heterocycles. The monoisotopic (exact) mass is 506 g/mol. The molecule has 3 rings (SSSR count). The number of aromatic nitrogens is 3. The molecular weight excluding hydrogens is 479 g/mol. The fraction of sp³-hybridized carbons (Fsp3) is 0.286. The molecule has 2 aromatic heterocycles. The van der Waals surface area contributed by atoms with Crippen LogP contribution in [0.15, 0.2) is 66.0 Å². The molecule has 0 spiro atoms. The van der Waals surface area contributed by atoms with Gasteiger partial charge < -0.3 is 15.4 Å². The minimum absolute atomic E-state index is 0. The molecule has 0 radical (unpaired) electrons. The summed E-state index contributed by atoms with van der Waals surface area (Å²) in [5.74, 6) is 2.43. The van der Waals surface area contributed by atoms with E-state index in [2.05, 4.69) is 26.8 Å². The summed E-state index contributed by atoms with van der Waals surface area (Å²) in [5, 5.41) is 10.9. The third-order valence-corrected chi connectivity index (χ3v) is 4.03. The first-order valence-electron chi connectivity index (χ1n) is 9.48. The van der Waals surface area contributed by atoms with Crippen molar-refractivity contribution in [3.63, 3.8) is 0 Å². The summed E-state index contributed by atoms with van der Waals surface area (Å²) < 4.78 is 7.43. The second-order valence-electron chi connectivity index (χ2n) is 6.06. The molecule has 0 fully saturated rings. The Morgan fingerprint density at radius 3 is 2.72 bits per heavy atom. The number of para-hydroxylation sites is 1. The van der Waals surface area contributed by atoms with Crippen LogP contribution in [0, 0.1) is 0 Å². The summed E-state index contributed by atoms with van der Waals surface area (Å²) in [6.07, 6.45) is 5.39. The number of pyridine rings is 1. The second kappa shape index (κ2) is 12.1. The number of rotatable bonds is 8. The van der Waals surface area contributed by atoms with Crippen LogP contribution in [0.5, 0.6) is 5.75 Å². The first-order valence-corrected chi connectivity index (χ1v) is 9.48. The fourth-order valence-corrected chi connectivity index (χ4v) is 2.73. The number of ether oxygens (including phenoxy) is 1. The van der Waals surface area contributed by atoms with E-state index in [0.717, 1.165) is 35.2 Å². The SMILES string of the molecule is CCNC(=NCc1ccnc(-n2cccn2)c1)NCc1ccccc1OCC.I. The average molecular weight is 506 g/mol. The number of aliphatic imine (C=N–C) groups is 1. The largest absolute Gasteiger partial charge is 0.494 e. The van der Waals surface area contributed by atoms with Gasteiger partial charge in [-0.1, -0.05) is 18.2 Å². The third kappa shape index (κ3) is 6.74. The van der Waals surface area contributed by atoms with Crippen LogP contribution in [0.25, 0.3) is 5.82 Å². The summed E-state index contributed by atoms with van der Waals surface area (Å²) in [6.45, 7) is 6.64. The molecule has 2 heterocycles. The molecule has 0 amide bonds. The number of halogens is 1. The predicted molar refractivity (Wildman–Crippen MR) is 126 cm³/mol. The number of nitrogens with one attached hydrogen (secondary N) is 2. The van der Waals surface area contributed by atoms with Crippen molar-refractivity contribution in [2.24, 2.45) is 4.99 Å². The number of benzene rings is 1. The van der Waals surface area contributed by atoms with E-state index >= 15 is 0 Å². The Balaban J connectivity index is 0.00000300. The van der Waals surface area contributed by atoms with Crippen molar-refractivity contribution >= 4 is 29.9 Å². The Hall–Kier alpha value is -2.62. The molecule has 0 atom stereocenters. The van der Waals surface area contributed by atoms with E-state index in [0.29, 0.717) is 19.7 Å². The summed E-state index contributed by atoms with van der Waals surface area (Å²) >= 11 is 0. The summed E-state index contributed by atoms with van der Waals surface area (Å²) in [7, 11) is 0. The van der Waals surface area contributed by atoms with Crippen LogP contribution in [0.3, 0.4) is 0 Å². The van der Waals surface area contributed by atoms with E-state index in [1.807, 2.05) is 56.4 Å². The Bertz CT molecular complexity index is 898. The van der Waals surface area contributed by atoms with Gasteiger partial charge in [0.05, 0.1) is 13.2 Å². The van der Waals surface area contributed by atoms with Gasteiger partial charge in [0.15, 0.2) is 11.8 Å². The van der Waals surface area contributed by atoms with Crippen molar-refractivity contribution in [2.75, 3.05) is 13.2 Å². The zero-order valence-corrected chi connectivity index (χ0v) is 19.0. The van der Waals surface area contributed by atoms with Gasteiger partial charge >= 0.3 is 0 Å². The van der Waals surface area contributed by atoms with Crippen molar-refractivity contribution in [1.29, 1.82) is 0 Å². The number of hydrogen-bond donors (Lipinski definition) is 2. The molecule has 0 saturated carbocycles. The molecule has 0 bridgehead atoms. The van der Waals surface area contributed by atoms with Crippen LogP contribution in [-0.4, -0.2) is 33.9 Å². The van der Waals surface area contributed by atoms with Crippen LogP contribution in [-0.2, 0) is 13.1 Å². The van der Waals surface area contributed by atoms with Gasteiger partial charge in [0, 0.05) is 37.2 Å². The molecule has 0 aliphatic heterocycles. The van der Waals surface area contributed by atoms with Crippen molar-refractivity contribution in [3.8, 4) is 11.6 Å².